The van der Waals surface area contributed by atoms with Crippen LogP contribution in [0.2, 0.25) is 0 Å². The quantitative estimate of drug-likeness (QED) is 0.180. The van der Waals surface area contributed by atoms with Crippen molar-refractivity contribution in [2.75, 3.05) is 10.6 Å². The molecule has 0 aliphatic carbocycles. The second kappa shape index (κ2) is 11.9. The maximum atomic E-state index is 12.8. The topological polar surface area (TPSA) is 93.2 Å². The molecule has 0 atom stereocenters. The number of carbonyl (C=O) groups excluding carboxylic acids is 2. The number of aromatic nitrogens is 2. The van der Waals surface area contributed by atoms with Crippen LogP contribution in [0.5, 0.6) is 11.5 Å². The highest BCUT2D eigenvalue weighted by atomic mass is 32.1. The average Bonchev–Trinajstić information content (AvgIpc) is 3.59. The monoisotopic (exact) mass is 606 g/mol. The Morgan fingerprint density at radius 2 is 1.00 bits per heavy atom. The Bertz CT molecular complexity index is 1800. The number of rotatable bonds is 8. The second-order valence-electron chi connectivity index (χ2n) is 10.9. The molecular weight excluding hydrogens is 577 g/mol. The number of benzene rings is 4. The van der Waals surface area contributed by atoms with Crippen LogP contribution in [0.15, 0.2) is 84.9 Å². The molecule has 0 bridgehead atoms. The first-order valence-corrected chi connectivity index (χ1v) is 15.7. The molecule has 6 rings (SSSR count). The average molecular weight is 607 g/mol. The van der Waals surface area contributed by atoms with Gasteiger partial charge in [0.15, 0.2) is 10.3 Å². The predicted molar refractivity (Wildman–Crippen MR) is 176 cm³/mol. The van der Waals surface area contributed by atoms with E-state index in [2.05, 4.69) is 72.6 Å². The highest BCUT2D eigenvalue weighted by molar-refractivity contribution is 7.22. The van der Waals surface area contributed by atoms with Crippen molar-refractivity contribution in [3.05, 3.63) is 107 Å². The SMILES string of the molecule is CC(C)c1ccc2nc(NC(=O)c3ccc(Oc4ccc(C(=O)Nc5nc6ccc(C(C)C)cc6s5)cc4)cc3)sc2c1. The van der Waals surface area contributed by atoms with Crippen LogP contribution in [0.3, 0.4) is 0 Å². The fourth-order valence-corrected chi connectivity index (χ4v) is 6.35. The predicted octanol–water partition coefficient (Wildman–Crippen LogP) is 9.45. The molecule has 0 aliphatic heterocycles. The van der Waals surface area contributed by atoms with Crippen molar-refractivity contribution in [3.8, 4) is 11.5 Å². The molecule has 2 aromatic heterocycles. The molecule has 0 saturated heterocycles. The van der Waals surface area contributed by atoms with Crippen molar-refractivity contribution >= 4 is 65.2 Å². The highest BCUT2D eigenvalue weighted by Gasteiger charge is 2.13. The van der Waals surface area contributed by atoms with Crippen molar-refractivity contribution in [3.63, 3.8) is 0 Å². The van der Waals surface area contributed by atoms with Gasteiger partial charge in [0.25, 0.3) is 11.8 Å². The zero-order valence-corrected chi connectivity index (χ0v) is 25.8. The molecule has 216 valence electrons. The minimum Gasteiger partial charge on any atom is -0.457 e. The molecule has 0 unspecified atom stereocenters. The van der Waals surface area contributed by atoms with E-state index in [0.717, 1.165) is 20.4 Å². The van der Waals surface area contributed by atoms with E-state index in [9.17, 15) is 9.59 Å². The van der Waals surface area contributed by atoms with Crippen molar-refractivity contribution in [1.82, 2.24) is 9.97 Å². The van der Waals surface area contributed by atoms with Crippen molar-refractivity contribution in [1.29, 1.82) is 0 Å². The molecule has 9 heteroatoms. The third-order valence-corrected chi connectivity index (χ3v) is 8.94. The molecule has 0 aliphatic rings. The third kappa shape index (κ3) is 6.43. The van der Waals surface area contributed by atoms with E-state index in [-0.39, 0.29) is 11.8 Å². The maximum absolute atomic E-state index is 12.8. The number of anilines is 2. The van der Waals surface area contributed by atoms with Gasteiger partial charge in [0.05, 0.1) is 20.4 Å². The molecule has 6 aromatic rings. The Hall–Kier alpha value is -4.60. The first-order chi connectivity index (χ1) is 20.7. The number of ether oxygens (including phenoxy) is 1. The van der Waals surface area contributed by atoms with Gasteiger partial charge in [-0.1, -0.05) is 62.5 Å². The highest BCUT2D eigenvalue weighted by Crippen LogP contribution is 2.31. The Balaban J connectivity index is 1.06. The van der Waals surface area contributed by atoms with Gasteiger partial charge in [0.1, 0.15) is 11.5 Å². The largest absolute Gasteiger partial charge is 0.457 e. The number of thiazole rings is 2. The summed E-state index contributed by atoms with van der Waals surface area (Å²) in [5.74, 6) is 1.53. The van der Waals surface area contributed by atoms with E-state index in [1.54, 1.807) is 48.5 Å². The number of nitrogens with zero attached hydrogens (tertiary/aromatic N) is 2. The Morgan fingerprint density at radius 1 is 0.605 bits per heavy atom. The Kier molecular flexibility index (Phi) is 7.92. The molecule has 7 nitrogen and oxygen atoms in total. The number of hydrogen-bond acceptors (Lipinski definition) is 7. The Morgan fingerprint density at radius 3 is 1.37 bits per heavy atom. The Labute approximate surface area is 257 Å². The van der Waals surface area contributed by atoms with Gasteiger partial charge in [-0.3, -0.25) is 20.2 Å². The first kappa shape index (κ1) is 28.5. The minimum atomic E-state index is -0.237. The van der Waals surface area contributed by atoms with E-state index in [0.29, 0.717) is 44.7 Å². The number of fused-ring (bicyclic) bond motifs is 2. The van der Waals surface area contributed by atoms with E-state index in [4.69, 9.17) is 4.74 Å². The van der Waals surface area contributed by atoms with Gasteiger partial charge in [-0.2, -0.15) is 0 Å². The van der Waals surface area contributed by atoms with Crippen molar-refractivity contribution in [2.24, 2.45) is 0 Å². The summed E-state index contributed by atoms with van der Waals surface area (Å²) >= 11 is 2.93. The van der Waals surface area contributed by atoms with Crippen LogP contribution in [-0.4, -0.2) is 21.8 Å². The summed E-state index contributed by atoms with van der Waals surface area (Å²) in [4.78, 5) is 34.8. The van der Waals surface area contributed by atoms with Gasteiger partial charge < -0.3 is 4.74 Å². The molecule has 0 radical (unpaired) electrons. The lowest BCUT2D eigenvalue weighted by Gasteiger charge is -2.08. The van der Waals surface area contributed by atoms with E-state index >= 15 is 0 Å². The van der Waals surface area contributed by atoms with Gasteiger partial charge >= 0.3 is 0 Å². The van der Waals surface area contributed by atoms with Crippen LogP contribution in [-0.2, 0) is 0 Å². The zero-order valence-electron chi connectivity index (χ0n) is 24.2. The summed E-state index contributed by atoms with van der Waals surface area (Å²) in [7, 11) is 0. The summed E-state index contributed by atoms with van der Waals surface area (Å²) in [5, 5.41) is 6.93. The molecule has 0 fully saturated rings. The molecular formula is C34H30N4O3S2. The van der Waals surface area contributed by atoms with Crippen LogP contribution >= 0.6 is 22.7 Å². The van der Waals surface area contributed by atoms with Crippen molar-refractivity contribution < 1.29 is 14.3 Å². The lowest BCUT2D eigenvalue weighted by atomic mass is 10.0. The third-order valence-electron chi connectivity index (χ3n) is 7.07. The summed E-state index contributed by atoms with van der Waals surface area (Å²) in [6.45, 7) is 8.61. The summed E-state index contributed by atoms with van der Waals surface area (Å²) < 4.78 is 8.03. The van der Waals surface area contributed by atoms with Crippen molar-refractivity contribution in [2.45, 2.75) is 39.5 Å². The number of hydrogen-bond donors (Lipinski definition) is 2. The smallest absolute Gasteiger partial charge is 0.257 e. The van der Waals surface area contributed by atoms with Crippen LogP contribution < -0.4 is 15.4 Å². The van der Waals surface area contributed by atoms with E-state index in [1.165, 1.54) is 33.8 Å². The zero-order chi connectivity index (χ0) is 30.1. The van der Waals surface area contributed by atoms with Crippen LogP contribution in [0.4, 0.5) is 10.3 Å². The number of carbonyl (C=O) groups is 2. The van der Waals surface area contributed by atoms with Gasteiger partial charge in [0, 0.05) is 11.1 Å². The minimum absolute atomic E-state index is 0.237. The molecule has 2 amide bonds. The number of nitrogens with one attached hydrogen (secondary N) is 2. The van der Waals surface area contributed by atoms with Crippen LogP contribution in [0, 0.1) is 0 Å². The van der Waals surface area contributed by atoms with Gasteiger partial charge in [-0.25, -0.2) is 9.97 Å². The van der Waals surface area contributed by atoms with Crippen LogP contribution in [0.1, 0.15) is 71.4 Å². The molecule has 43 heavy (non-hydrogen) atoms. The molecule has 0 spiro atoms. The summed E-state index contributed by atoms with van der Waals surface area (Å²) in [6.07, 6.45) is 0. The lowest BCUT2D eigenvalue weighted by Crippen LogP contribution is -2.11. The molecule has 2 N–H and O–H groups in total. The van der Waals surface area contributed by atoms with Crippen LogP contribution in [0.25, 0.3) is 20.4 Å². The molecule has 4 aromatic carbocycles. The first-order valence-electron chi connectivity index (χ1n) is 14.0. The van der Waals surface area contributed by atoms with Gasteiger partial charge in [-0.05, 0) is 95.8 Å². The van der Waals surface area contributed by atoms with Gasteiger partial charge in [-0.15, -0.1) is 0 Å². The standard InChI is InChI=1S/C34H30N4O3S2/c1-19(2)23-9-15-27-29(17-23)42-33(35-27)37-31(39)21-5-11-25(12-6-21)41-26-13-7-22(8-14-26)32(40)38-34-36-28-16-10-24(20(3)4)18-30(28)43-34/h5-20H,1-4H3,(H,35,37,39)(H,36,38,40). The fraction of sp³-hybridized carbons (Fsp3) is 0.176. The lowest BCUT2D eigenvalue weighted by molar-refractivity contribution is 0.101. The summed E-state index contributed by atoms with van der Waals surface area (Å²) in [6, 6.07) is 26.2. The van der Waals surface area contributed by atoms with E-state index in [1.807, 2.05) is 12.1 Å². The molecule has 0 saturated carbocycles. The molecule has 2 heterocycles. The second-order valence-corrected chi connectivity index (χ2v) is 12.9. The fourth-order valence-electron chi connectivity index (χ4n) is 4.53. The number of amides is 2. The summed E-state index contributed by atoms with van der Waals surface area (Å²) in [5.41, 5.74) is 5.22. The van der Waals surface area contributed by atoms with Gasteiger partial charge in [0.2, 0.25) is 0 Å². The normalized spacial score (nSPS) is 11.4. The maximum Gasteiger partial charge on any atom is 0.257 e. The van der Waals surface area contributed by atoms with E-state index < -0.39 is 0 Å².